The minimum absolute atomic E-state index is 0.0384. The predicted molar refractivity (Wildman–Crippen MR) is 305 cm³/mol. The zero-order chi connectivity index (χ0) is 56.2. The molecule has 7 atom stereocenters. The van der Waals surface area contributed by atoms with Gasteiger partial charge in [0.25, 0.3) is 0 Å². The Bertz CT molecular complexity index is 3610. The number of ether oxygens (including phenoxy) is 3. The smallest absolute Gasteiger partial charge is 0.319 e. The van der Waals surface area contributed by atoms with Crippen LogP contribution in [0.3, 0.4) is 0 Å². The summed E-state index contributed by atoms with van der Waals surface area (Å²) in [7, 11) is 1.64. The number of carbonyl (C=O) groups excluding carboxylic acids is 2. The number of methoxy groups -OCH3 is 1. The number of hydrogen-bond donors (Lipinski definition) is 5. The van der Waals surface area contributed by atoms with E-state index in [4.69, 9.17) is 24.2 Å². The van der Waals surface area contributed by atoms with Crippen LogP contribution in [0, 0.1) is 25.6 Å². The summed E-state index contributed by atoms with van der Waals surface area (Å²) in [6.07, 6.45) is 6.49. The van der Waals surface area contributed by atoms with Crippen molar-refractivity contribution in [2.75, 3.05) is 44.9 Å². The Hall–Kier alpha value is -7.43. The lowest BCUT2D eigenvalue weighted by Crippen LogP contribution is -2.51. The van der Waals surface area contributed by atoms with E-state index >= 15 is 4.39 Å². The number of aliphatic hydroxyl groups excluding tert-OH is 2. The Kier molecular flexibility index (Phi) is 15.0. The maximum Gasteiger partial charge on any atom is 0.319 e. The van der Waals surface area contributed by atoms with Crippen LogP contribution in [0.4, 0.5) is 10.2 Å². The van der Waals surface area contributed by atoms with Crippen LogP contribution in [0.5, 0.6) is 11.8 Å². The van der Waals surface area contributed by atoms with Crippen molar-refractivity contribution in [1.82, 2.24) is 55.7 Å². The molecule has 4 fully saturated rings. The first-order chi connectivity index (χ1) is 39.2. The topological polar surface area (TPSA) is 231 Å². The molecule has 3 saturated heterocycles. The van der Waals surface area contributed by atoms with Gasteiger partial charge in [0.05, 0.1) is 58.8 Å². The molecular weight excluding hydrogens is 1050 g/mol. The Morgan fingerprint density at radius 1 is 0.926 bits per heavy atom. The van der Waals surface area contributed by atoms with Gasteiger partial charge in [-0.05, 0) is 98.2 Å². The highest BCUT2D eigenvalue weighted by molar-refractivity contribution is 7.13. The Labute approximate surface area is 472 Å². The second-order valence-corrected chi connectivity index (χ2v) is 23.4. The van der Waals surface area contributed by atoms with Gasteiger partial charge in [-0.1, -0.05) is 67.6 Å². The fraction of sp³-hybridized carbons (Fsp3) is 0.433. The van der Waals surface area contributed by atoms with Crippen LogP contribution in [0.15, 0.2) is 78.6 Å². The first-order valence-corrected chi connectivity index (χ1v) is 28.8. The highest BCUT2D eigenvalue weighted by atomic mass is 32.1. The van der Waals surface area contributed by atoms with Gasteiger partial charge in [0.15, 0.2) is 5.75 Å². The lowest BCUT2D eigenvalue weighted by molar-refractivity contribution is -0.142. The van der Waals surface area contributed by atoms with Crippen LogP contribution >= 0.6 is 11.3 Å². The molecule has 19 nitrogen and oxygen atoms in total. The largest absolute Gasteiger partial charge is 0.486 e. The number of aryl methyl sites for hydroxylation is 1. The second-order valence-electron chi connectivity index (χ2n) is 22.5. The van der Waals surface area contributed by atoms with E-state index < -0.39 is 30.1 Å². The third kappa shape index (κ3) is 10.7. The van der Waals surface area contributed by atoms with E-state index in [1.54, 1.807) is 43.3 Å². The number of rotatable bonds is 19. The Morgan fingerprint density at radius 2 is 1.68 bits per heavy atom. The molecule has 2 amide bonds. The molecule has 4 aliphatic rings. The standard InChI is InChI=1S/C60H67FN12O7S/c1-31(2)54(59(77)72-25-42(75)19-50(72)58(76)65-49(27-74)38-13-15-39(16-14-38)56-34(5)62-30-81-56)73-26-48(69-70-73)37-9-7-35(8-10-37)29-79-55-52(51-33(4)46(61)21-47-45(51)22-63-68-47)43(36-11-12-36)20-44-53(55)66-60(80-28-32(3)78-6)67-57(44)71-23-40-17-18-41(24-71)64-40/h7-10,13-16,20-22,26,30-32,36,40-42,49-50,54,64,74-75H,11-12,17-19,23-25,27-29H2,1-6H3,(H,63,68)(H,65,76)/t32-,40?,41?,42+,49-,50-,54-/m0/s1. The van der Waals surface area contributed by atoms with Crippen LogP contribution in [0.25, 0.3) is 54.6 Å². The summed E-state index contributed by atoms with van der Waals surface area (Å²) < 4.78 is 36.7. The summed E-state index contributed by atoms with van der Waals surface area (Å²) >= 11 is 1.54. The second kappa shape index (κ2) is 22.5. The van der Waals surface area contributed by atoms with Crippen LogP contribution in [0.1, 0.15) is 98.8 Å². The summed E-state index contributed by atoms with van der Waals surface area (Å²) in [5.74, 6) is -0.00583. The van der Waals surface area contributed by atoms with E-state index in [-0.39, 0.29) is 68.5 Å². The van der Waals surface area contributed by atoms with Crippen molar-refractivity contribution >= 4 is 50.8 Å². The summed E-state index contributed by atoms with van der Waals surface area (Å²) in [4.78, 5) is 48.1. The van der Waals surface area contributed by atoms with Crippen molar-refractivity contribution in [2.24, 2.45) is 5.92 Å². The van der Waals surface area contributed by atoms with Gasteiger partial charge in [-0.3, -0.25) is 14.7 Å². The number of nitrogens with one attached hydrogen (secondary N) is 3. The lowest BCUT2D eigenvalue weighted by atomic mass is 9.88. The number of anilines is 1. The number of piperazine rings is 1. The Balaban J connectivity index is 0.826. The summed E-state index contributed by atoms with van der Waals surface area (Å²) in [6, 6.07) is 17.3. The number of amides is 2. The van der Waals surface area contributed by atoms with Crippen molar-refractivity contribution in [3.8, 4) is 44.6 Å². The van der Waals surface area contributed by atoms with E-state index in [0.29, 0.717) is 51.3 Å². The number of nitrogens with zero attached hydrogens (tertiary/aromatic N) is 9. The molecule has 21 heteroatoms. The van der Waals surface area contributed by atoms with E-state index in [1.165, 1.54) is 15.6 Å². The first-order valence-electron chi connectivity index (χ1n) is 27.9. The zero-order valence-electron chi connectivity index (χ0n) is 46.2. The van der Waals surface area contributed by atoms with Gasteiger partial charge < -0.3 is 44.9 Å². The molecule has 12 rings (SSSR count). The number of H-pyrrole nitrogens is 1. The van der Waals surface area contributed by atoms with Crippen LogP contribution in [-0.4, -0.2) is 137 Å². The number of β-amino-alcohol motifs (C(OH)–C–C–N with tert-alkyl or cyclic N) is 1. The predicted octanol–water partition coefficient (Wildman–Crippen LogP) is 8.13. The average Bonchev–Trinajstić information content (AvgIpc) is 3.99. The van der Waals surface area contributed by atoms with Crippen LogP contribution < -0.4 is 25.0 Å². The fourth-order valence-electron chi connectivity index (χ4n) is 12.0. The SMILES string of the molecule is CO[C@@H](C)COc1nc(N2CC3CCC(C2)N3)c2cc(C3CC3)c(-c3c(C)c(F)cc4[nH]ncc34)c(OCc3ccc(-c4cn([C@H](C(=O)N5C[C@H](O)C[C@H]5C(=O)N[C@@H](CO)c5ccc(-c6scnc6C)cc5)C(C)C)nn4)cc3)c2n1. The van der Waals surface area contributed by atoms with E-state index in [1.807, 2.05) is 76.2 Å². The van der Waals surface area contributed by atoms with E-state index in [2.05, 4.69) is 47.1 Å². The quantitative estimate of drug-likeness (QED) is 0.0515. The van der Waals surface area contributed by atoms with Crippen molar-refractivity contribution in [1.29, 1.82) is 0 Å². The molecule has 0 radical (unpaired) electrons. The number of benzene rings is 4. The summed E-state index contributed by atoms with van der Waals surface area (Å²) in [6.45, 7) is 11.0. The van der Waals surface area contributed by atoms with E-state index in [9.17, 15) is 19.8 Å². The third-order valence-electron chi connectivity index (χ3n) is 16.5. The number of carbonyl (C=O) groups is 2. The molecule has 4 aromatic carbocycles. The van der Waals surface area contributed by atoms with Crippen molar-refractivity contribution < 1.29 is 38.4 Å². The van der Waals surface area contributed by atoms with Gasteiger partial charge in [-0.15, -0.1) is 16.4 Å². The lowest BCUT2D eigenvalue weighted by Gasteiger charge is -2.34. The monoisotopic (exact) mass is 1120 g/mol. The molecule has 7 heterocycles. The van der Waals surface area contributed by atoms with Crippen molar-refractivity contribution in [3.05, 3.63) is 112 Å². The first kappa shape index (κ1) is 54.2. The van der Waals surface area contributed by atoms with Crippen molar-refractivity contribution in [2.45, 2.75) is 122 Å². The van der Waals surface area contributed by atoms with E-state index in [0.717, 1.165) is 93.8 Å². The number of fused-ring (bicyclic) bond motifs is 4. The average molecular weight is 1120 g/mol. The normalized spacial score (nSPS) is 20.1. The molecule has 3 aliphatic heterocycles. The number of hydrogen-bond acceptors (Lipinski definition) is 16. The van der Waals surface area contributed by atoms with Gasteiger partial charge in [0.2, 0.25) is 11.8 Å². The maximum absolute atomic E-state index is 16.1. The van der Waals surface area contributed by atoms with Gasteiger partial charge in [0, 0.05) is 72.7 Å². The van der Waals surface area contributed by atoms with Gasteiger partial charge in [-0.2, -0.15) is 15.1 Å². The molecule has 2 bridgehead atoms. The molecule has 0 spiro atoms. The molecule has 81 heavy (non-hydrogen) atoms. The third-order valence-corrected chi connectivity index (χ3v) is 17.5. The molecule has 5 N–H and O–H groups in total. The highest BCUT2D eigenvalue weighted by Crippen LogP contribution is 2.53. The van der Waals surface area contributed by atoms with Gasteiger partial charge in [0.1, 0.15) is 48.1 Å². The van der Waals surface area contributed by atoms with Gasteiger partial charge in [-0.25, -0.2) is 14.1 Å². The highest BCUT2D eigenvalue weighted by Gasteiger charge is 2.44. The summed E-state index contributed by atoms with van der Waals surface area (Å²) in [5, 5.41) is 46.0. The van der Waals surface area contributed by atoms with Gasteiger partial charge >= 0.3 is 6.01 Å². The minimum Gasteiger partial charge on any atom is -0.486 e. The molecule has 4 aromatic heterocycles. The number of halogens is 1. The maximum atomic E-state index is 16.1. The number of aromatic nitrogens is 8. The molecule has 2 unspecified atom stereocenters. The molecule has 422 valence electrons. The Morgan fingerprint density at radius 3 is 2.37 bits per heavy atom. The molecule has 8 aromatic rings. The van der Waals surface area contributed by atoms with Crippen LogP contribution in [0.2, 0.25) is 0 Å². The minimum atomic E-state index is -0.980. The number of aromatic amines is 1. The van der Waals surface area contributed by atoms with Crippen molar-refractivity contribution in [3.63, 3.8) is 0 Å². The molecule has 1 saturated carbocycles. The number of thiazole rings is 1. The molecular formula is C60H67FN12O7S. The fourth-order valence-corrected chi connectivity index (χ4v) is 12.8. The number of likely N-dealkylation sites (tertiary alicyclic amines) is 1. The van der Waals surface area contributed by atoms with Crippen LogP contribution in [-0.2, 0) is 20.9 Å². The molecule has 1 aliphatic carbocycles. The summed E-state index contributed by atoms with van der Waals surface area (Å²) in [5.41, 5.74) is 10.6. The number of aliphatic hydroxyl groups is 2. The zero-order valence-corrected chi connectivity index (χ0v) is 47.0.